The molecule has 2 aliphatic rings. The van der Waals surface area contributed by atoms with E-state index in [1.807, 2.05) is 0 Å². The third kappa shape index (κ3) is 5.79. The van der Waals surface area contributed by atoms with Crippen LogP contribution in [0.3, 0.4) is 0 Å². The van der Waals surface area contributed by atoms with Crippen molar-refractivity contribution in [2.24, 2.45) is 0 Å². The number of halogens is 3. The van der Waals surface area contributed by atoms with Crippen molar-refractivity contribution in [3.63, 3.8) is 0 Å². The van der Waals surface area contributed by atoms with Gasteiger partial charge >= 0.3 is 6.18 Å². The molecule has 5 rings (SSSR count). The van der Waals surface area contributed by atoms with E-state index >= 15 is 0 Å². The first kappa shape index (κ1) is 24.9. The van der Waals surface area contributed by atoms with Crippen LogP contribution in [0.2, 0.25) is 0 Å². The third-order valence-corrected chi connectivity index (χ3v) is 7.22. The highest BCUT2D eigenvalue weighted by atomic mass is 19.4. The van der Waals surface area contributed by atoms with Gasteiger partial charge in [0.1, 0.15) is 0 Å². The summed E-state index contributed by atoms with van der Waals surface area (Å²) in [6.45, 7) is 8.33. The number of alkyl halides is 3. The Bertz CT molecular complexity index is 1170. The largest absolute Gasteiger partial charge is 0.416 e. The second-order valence-corrected chi connectivity index (χ2v) is 9.96. The van der Waals surface area contributed by atoms with Gasteiger partial charge in [-0.05, 0) is 37.0 Å². The molecule has 192 valence electrons. The SMILES string of the molecule is Cc1cccc(C2(c3noc(CNCCN4CCN(Cc5cccc(C(F)(F)F)c5)CC4)n3)CC2)c1. The Kier molecular flexibility index (Phi) is 7.14. The van der Waals surface area contributed by atoms with Crippen molar-refractivity contribution in [3.05, 3.63) is 82.5 Å². The van der Waals surface area contributed by atoms with E-state index in [2.05, 4.69) is 56.4 Å². The van der Waals surface area contributed by atoms with Crippen molar-refractivity contribution in [1.82, 2.24) is 25.3 Å². The highest BCUT2D eigenvalue weighted by Gasteiger charge is 2.50. The number of hydrogen-bond donors (Lipinski definition) is 1. The van der Waals surface area contributed by atoms with Gasteiger partial charge in [-0.2, -0.15) is 18.2 Å². The molecule has 1 saturated carbocycles. The van der Waals surface area contributed by atoms with Crippen LogP contribution < -0.4 is 5.32 Å². The van der Waals surface area contributed by atoms with Crippen molar-refractivity contribution in [2.45, 2.75) is 44.4 Å². The molecule has 0 atom stereocenters. The summed E-state index contributed by atoms with van der Waals surface area (Å²) in [5, 5.41) is 7.68. The zero-order chi connectivity index (χ0) is 25.2. The van der Waals surface area contributed by atoms with Crippen LogP contribution in [0.1, 0.15) is 46.8 Å². The topological polar surface area (TPSA) is 57.4 Å². The molecule has 1 saturated heterocycles. The molecule has 0 amide bonds. The van der Waals surface area contributed by atoms with Gasteiger partial charge in [-0.1, -0.05) is 53.2 Å². The van der Waals surface area contributed by atoms with Crippen LogP contribution in [-0.2, 0) is 24.7 Å². The van der Waals surface area contributed by atoms with Crippen LogP contribution in [0.5, 0.6) is 0 Å². The van der Waals surface area contributed by atoms with E-state index in [9.17, 15) is 13.2 Å². The molecule has 1 aliphatic heterocycles. The normalized spacial score (nSPS) is 18.4. The number of aromatic nitrogens is 2. The highest BCUT2D eigenvalue weighted by Crippen LogP contribution is 2.52. The second kappa shape index (κ2) is 10.3. The fraction of sp³-hybridized carbons (Fsp3) is 0.481. The number of nitrogens with one attached hydrogen (secondary N) is 1. The standard InChI is InChI=1S/C27H32F3N5O/c1-20-4-2-6-22(16-20)26(8-9-26)25-32-24(36-33-25)18-31-10-11-34-12-14-35(15-13-34)19-21-5-3-7-23(17-21)27(28,29)30/h2-7,16-17,31H,8-15,18-19H2,1H3. The summed E-state index contributed by atoms with van der Waals surface area (Å²) in [4.78, 5) is 9.25. The summed E-state index contributed by atoms with van der Waals surface area (Å²) >= 11 is 0. The monoisotopic (exact) mass is 499 g/mol. The summed E-state index contributed by atoms with van der Waals surface area (Å²) in [6, 6.07) is 14.2. The van der Waals surface area contributed by atoms with Crippen LogP contribution in [-0.4, -0.2) is 59.2 Å². The summed E-state index contributed by atoms with van der Waals surface area (Å²) in [5.41, 5.74) is 2.52. The maximum Gasteiger partial charge on any atom is 0.416 e. The molecule has 2 heterocycles. The van der Waals surface area contributed by atoms with Gasteiger partial charge in [-0.3, -0.25) is 9.80 Å². The maximum atomic E-state index is 13.0. The predicted octanol–water partition coefficient (Wildman–Crippen LogP) is 4.38. The van der Waals surface area contributed by atoms with Crippen molar-refractivity contribution in [3.8, 4) is 0 Å². The van der Waals surface area contributed by atoms with Crippen molar-refractivity contribution < 1.29 is 17.7 Å². The molecule has 1 aromatic heterocycles. The molecule has 0 bridgehead atoms. The van der Waals surface area contributed by atoms with E-state index in [0.717, 1.165) is 64.0 Å². The van der Waals surface area contributed by atoms with Crippen LogP contribution in [0.4, 0.5) is 13.2 Å². The quantitative estimate of drug-likeness (QED) is 0.441. The van der Waals surface area contributed by atoms with Crippen LogP contribution in [0.25, 0.3) is 0 Å². The number of aryl methyl sites for hydroxylation is 1. The first-order valence-corrected chi connectivity index (χ1v) is 12.5. The van der Waals surface area contributed by atoms with E-state index in [1.54, 1.807) is 6.07 Å². The van der Waals surface area contributed by atoms with Crippen molar-refractivity contribution in [2.75, 3.05) is 39.3 Å². The van der Waals surface area contributed by atoms with Gasteiger partial charge in [0.05, 0.1) is 17.5 Å². The average molecular weight is 500 g/mol. The maximum absolute atomic E-state index is 13.0. The molecule has 1 N–H and O–H groups in total. The lowest BCUT2D eigenvalue weighted by molar-refractivity contribution is -0.137. The van der Waals surface area contributed by atoms with E-state index in [0.29, 0.717) is 24.5 Å². The molecule has 0 spiro atoms. The minimum atomic E-state index is -4.30. The van der Waals surface area contributed by atoms with Crippen LogP contribution in [0, 0.1) is 6.92 Å². The Morgan fingerprint density at radius 3 is 2.47 bits per heavy atom. The minimum absolute atomic E-state index is 0.0957. The Morgan fingerprint density at radius 2 is 1.75 bits per heavy atom. The summed E-state index contributed by atoms with van der Waals surface area (Å²) < 4.78 is 44.4. The first-order valence-electron chi connectivity index (χ1n) is 12.5. The molecule has 6 nitrogen and oxygen atoms in total. The number of rotatable bonds is 9. The Morgan fingerprint density at radius 1 is 1.00 bits per heavy atom. The molecule has 0 radical (unpaired) electrons. The summed E-state index contributed by atoms with van der Waals surface area (Å²) in [7, 11) is 0. The Labute approximate surface area is 209 Å². The third-order valence-electron chi connectivity index (χ3n) is 7.22. The van der Waals surface area contributed by atoms with E-state index < -0.39 is 11.7 Å². The second-order valence-electron chi connectivity index (χ2n) is 9.96. The van der Waals surface area contributed by atoms with Gasteiger partial charge in [0.2, 0.25) is 5.89 Å². The molecule has 1 aliphatic carbocycles. The molecule has 9 heteroatoms. The van der Waals surface area contributed by atoms with Crippen molar-refractivity contribution >= 4 is 0 Å². The molecule has 0 unspecified atom stereocenters. The summed E-state index contributed by atoms with van der Waals surface area (Å²) in [6.07, 6.45) is -2.21. The zero-order valence-electron chi connectivity index (χ0n) is 20.5. The first-order chi connectivity index (χ1) is 17.3. The Hall–Kier alpha value is -2.75. The van der Waals surface area contributed by atoms with Gasteiger partial charge in [0.25, 0.3) is 0 Å². The smallest absolute Gasteiger partial charge is 0.338 e. The van der Waals surface area contributed by atoms with E-state index in [1.165, 1.54) is 23.3 Å². The lowest BCUT2D eigenvalue weighted by atomic mass is 9.94. The number of hydrogen-bond acceptors (Lipinski definition) is 6. The molecule has 36 heavy (non-hydrogen) atoms. The van der Waals surface area contributed by atoms with Crippen LogP contribution in [0.15, 0.2) is 53.1 Å². The number of benzene rings is 2. The molecule has 2 aromatic carbocycles. The number of nitrogens with zero attached hydrogens (tertiary/aromatic N) is 4. The molecule has 2 fully saturated rings. The van der Waals surface area contributed by atoms with Gasteiger partial charge in [-0.25, -0.2) is 0 Å². The molecular weight excluding hydrogens is 467 g/mol. The van der Waals surface area contributed by atoms with Crippen molar-refractivity contribution in [1.29, 1.82) is 0 Å². The molecule has 3 aromatic rings. The van der Waals surface area contributed by atoms with Gasteiger partial charge < -0.3 is 9.84 Å². The molecular formula is C27H32F3N5O. The predicted molar refractivity (Wildman–Crippen MR) is 130 cm³/mol. The van der Waals surface area contributed by atoms with E-state index in [-0.39, 0.29) is 5.41 Å². The van der Waals surface area contributed by atoms with Gasteiger partial charge in [0, 0.05) is 45.8 Å². The number of piperazine rings is 1. The fourth-order valence-corrected chi connectivity index (χ4v) is 4.94. The average Bonchev–Trinajstić information content (AvgIpc) is 3.54. The van der Waals surface area contributed by atoms with E-state index in [4.69, 9.17) is 4.52 Å². The lowest BCUT2D eigenvalue weighted by Crippen LogP contribution is -2.47. The van der Waals surface area contributed by atoms with Gasteiger partial charge in [0.15, 0.2) is 5.82 Å². The fourth-order valence-electron chi connectivity index (χ4n) is 4.94. The minimum Gasteiger partial charge on any atom is -0.338 e. The Balaban J connectivity index is 1.03. The highest BCUT2D eigenvalue weighted by molar-refractivity contribution is 5.40. The zero-order valence-corrected chi connectivity index (χ0v) is 20.5. The summed E-state index contributed by atoms with van der Waals surface area (Å²) in [5.74, 6) is 1.39. The lowest BCUT2D eigenvalue weighted by Gasteiger charge is -2.34. The van der Waals surface area contributed by atoms with Gasteiger partial charge in [-0.15, -0.1) is 0 Å². The van der Waals surface area contributed by atoms with Crippen LogP contribution >= 0.6 is 0 Å².